The monoisotopic (exact) mass is 219 g/mol. The number of benzene rings is 1. The summed E-state index contributed by atoms with van der Waals surface area (Å²) in [5, 5.41) is 0. The smallest absolute Gasteiger partial charge is 0.328 e. The standard InChI is InChI=1S/C12H13NO3/c1-8(12(15)16-2)13-7-9-5-3-4-6-10(9)11(13)14/h3-6,8H,7H2,1-2H3. The zero-order chi connectivity index (χ0) is 11.7. The molecule has 0 aromatic heterocycles. The summed E-state index contributed by atoms with van der Waals surface area (Å²) < 4.78 is 4.64. The fourth-order valence-corrected chi connectivity index (χ4v) is 1.89. The van der Waals surface area contributed by atoms with E-state index in [1.165, 1.54) is 12.0 Å². The lowest BCUT2D eigenvalue weighted by Gasteiger charge is -2.21. The van der Waals surface area contributed by atoms with Crippen molar-refractivity contribution in [1.29, 1.82) is 0 Å². The van der Waals surface area contributed by atoms with Gasteiger partial charge in [0, 0.05) is 12.1 Å². The van der Waals surface area contributed by atoms with Crippen LogP contribution in [0.5, 0.6) is 0 Å². The third kappa shape index (κ3) is 1.56. The Morgan fingerprint density at radius 1 is 1.44 bits per heavy atom. The molecule has 16 heavy (non-hydrogen) atoms. The molecule has 0 N–H and O–H groups in total. The summed E-state index contributed by atoms with van der Waals surface area (Å²) in [6, 6.07) is 6.85. The molecule has 0 bridgehead atoms. The summed E-state index contributed by atoms with van der Waals surface area (Å²) in [6.07, 6.45) is 0. The first-order valence-electron chi connectivity index (χ1n) is 5.12. The van der Waals surface area contributed by atoms with Gasteiger partial charge in [0.1, 0.15) is 6.04 Å². The van der Waals surface area contributed by atoms with Crippen molar-refractivity contribution in [3.8, 4) is 0 Å². The van der Waals surface area contributed by atoms with E-state index in [-0.39, 0.29) is 11.9 Å². The quantitative estimate of drug-likeness (QED) is 0.702. The lowest BCUT2D eigenvalue weighted by molar-refractivity contribution is -0.145. The number of methoxy groups -OCH3 is 1. The zero-order valence-corrected chi connectivity index (χ0v) is 9.27. The number of fused-ring (bicyclic) bond motifs is 1. The Morgan fingerprint density at radius 3 is 2.75 bits per heavy atom. The molecule has 1 amide bonds. The van der Waals surface area contributed by atoms with Crippen LogP contribution in [-0.2, 0) is 16.1 Å². The lowest BCUT2D eigenvalue weighted by atomic mass is 10.1. The van der Waals surface area contributed by atoms with Gasteiger partial charge >= 0.3 is 5.97 Å². The molecule has 4 heteroatoms. The largest absolute Gasteiger partial charge is 0.467 e. The predicted molar refractivity (Wildman–Crippen MR) is 57.8 cm³/mol. The highest BCUT2D eigenvalue weighted by Crippen LogP contribution is 2.24. The number of hydrogen-bond donors (Lipinski definition) is 0. The number of ether oxygens (including phenoxy) is 1. The van der Waals surface area contributed by atoms with Crippen LogP contribution in [0.1, 0.15) is 22.8 Å². The molecular weight excluding hydrogens is 206 g/mol. The van der Waals surface area contributed by atoms with E-state index in [0.29, 0.717) is 12.1 Å². The first-order chi connectivity index (χ1) is 7.65. The highest BCUT2D eigenvalue weighted by Gasteiger charge is 2.33. The maximum atomic E-state index is 12.0. The van der Waals surface area contributed by atoms with E-state index >= 15 is 0 Å². The van der Waals surface area contributed by atoms with E-state index in [1.54, 1.807) is 13.0 Å². The first kappa shape index (κ1) is 10.7. The van der Waals surface area contributed by atoms with Crippen molar-refractivity contribution in [1.82, 2.24) is 4.90 Å². The first-order valence-corrected chi connectivity index (χ1v) is 5.12. The van der Waals surface area contributed by atoms with Crippen molar-refractivity contribution in [3.63, 3.8) is 0 Å². The van der Waals surface area contributed by atoms with Gasteiger partial charge in [-0.05, 0) is 18.6 Å². The Labute approximate surface area is 93.8 Å². The van der Waals surface area contributed by atoms with Crippen LogP contribution in [0.25, 0.3) is 0 Å². The molecule has 1 aromatic rings. The minimum atomic E-state index is -0.537. The number of hydrogen-bond acceptors (Lipinski definition) is 3. The Balaban J connectivity index is 2.25. The normalized spacial score (nSPS) is 15.9. The van der Waals surface area contributed by atoms with E-state index in [1.807, 2.05) is 18.2 Å². The van der Waals surface area contributed by atoms with Gasteiger partial charge in [0.25, 0.3) is 5.91 Å². The number of esters is 1. The third-order valence-corrected chi connectivity index (χ3v) is 2.86. The number of rotatable bonds is 2. The van der Waals surface area contributed by atoms with Crippen LogP contribution >= 0.6 is 0 Å². The van der Waals surface area contributed by atoms with Gasteiger partial charge in [0.05, 0.1) is 7.11 Å². The van der Waals surface area contributed by atoms with Crippen LogP contribution in [0.4, 0.5) is 0 Å². The van der Waals surface area contributed by atoms with E-state index in [9.17, 15) is 9.59 Å². The molecule has 0 spiro atoms. The fourth-order valence-electron chi connectivity index (χ4n) is 1.89. The van der Waals surface area contributed by atoms with Crippen LogP contribution in [0.15, 0.2) is 24.3 Å². The number of carbonyl (C=O) groups is 2. The SMILES string of the molecule is COC(=O)C(C)N1Cc2ccccc2C1=O. The average Bonchev–Trinajstić information content (AvgIpc) is 2.65. The lowest BCUT2D eigenvalue weighted by Crippen LogP contribution is -2.39. The number of amides is 1. The molecular formula is C12H13NO3. The van der Waals surface area contributed by atoms with Gasteiger partial charge < -0.3 is 9.64 Å². The van der Waals surface area contributed by atoms with Crippen molar-refractivity contribution >= 4 is 11.9 Å². The van der Waals surface area contributed by atoms with Crippen molar-refractivity contribution < 1.29 is 14.3 Å². The van der Waals surface area contributed by atoms with Gasteiger partial charge in [-0.3, -0.25) is 4.79 Å². The highest BCUT2D eigenvalue weighted by atomic mass is 16.5. The summed E-state index contributed by atoms with van der Waals surface area (Å²) in [5.74, 6) is -0.491. The molecule has 0 fully saturated rings. The molecule has 84 valence electrons. The van der Waals surface area contributed by atoms with Crippen LogP contribution < -0.4 is 0 Å². The van der Waals surface area contributed by atoms with Gasteiger partial charge in [-0.15, -0.1) is 0 Å². The molecule has 4 nitrogen and oxygen atoms in total. The number of carbonyl (C=O) groups excluding carboxylic acids is 2. The molecule has 1 aliphatic heterocycles. The minimum absolute atomic E-state index is 0.103. The maximum Gasteiger partial charge on any atom is 0.328 e. The van der Waals surface area contributed by atoms with Crippen LogP contribution in [-0.4, -0.2) is 29.9 Å². The molecule has 1 aliphatic rings. The second-order valence-corrected chi connectivity index (χ2v) is 3.79. The summed E-state index contributed by atoms with van der Waals surface area (Å²) >= 11 is 0. The molecule has 0 saturated heterocycles. The van der Waals surface area contributed by atoms with Crippen molar-refractivity contribution in [2.45, 2.75) is 19.5 Å². The van der Waals surface area contributed by atoms with Crippen LogP contribution in [0, 0.1) is 0 Å². The third-order valence-electron chi connectivity index (χ3n) is 2.86. The van der Waals surface area contributed by atoms with E-state index in [0.717, 1.165) is 5.56 Å². The van der Waals surface area contributed by atoms with Gasteiger partial charge in [0.2, 0.25) is 0 Å². The zero-order valence-electron chi connectivity index (χ0n) is 9.27. The molecule has 1 unspecified atom stereocenters. The van der Waals surface area contributed by atoms with Crippen LogP contribution in [0.2, 0.25) is 0 Å². The molecule has 1 aromatic carbocycles. The van der Waals surface area contributed by atoms with Gasteiger partial charge in [-0.25, -0.2) is 4.79 Å². The van der Waals surface area contributed by atoms with E-state index in [4.69, 9.17) is 0 Å². The fraction of sp³-hybridized carbons (Fsp3) is 0.333. The van der Waals surface area contributed by atoms with Crippen molar-refractivity contribution in [2.24, 2.45) is 0 Å². The van der Waals surface area contributed by atoms with E-state index in [2.05, 4.69) is 4.74 Å². The second kappa shape index (κ2) is 3.96. The highest BCUT2D eigenvalue weighted by molar-refractivity contribution is 6.00. The second-order valence-electron chi connectivity index (χ2n) is 3.79. The van der Waals surface area contributed by atoms with Crippen LogP contribution in [0.3, 0.4) is 0 Å². The van der Waals surface area contributed by atoms with E-state index < -0.39 is 6.04 Å². The average molecular weight is 219 g/mol. The predicted octanol–water partition coefficient (Wildman–Crippen LogP) is 1.20. The van der Waals surface area contributed by atoms with Gasteiger partial charge in [-0.2, -0.15) is 0 Å². The number of nitrogens with zero attached hydrogens (tertiary/aromatic N) is 1. The minimum Gasteiger partial charge on any atom is -0.467 e. The molecule has 1 atom stereocenters. The molecule has 0 saturated carbocycles. The molecule has 1 heterocycles. The maximum absolute atomic E-state index is 12.0. The van der Waals surface area contributed by atoms with Crippen molar-refractivity contribution in [2.75, 3.05) is 7.11 Å². The van der Waals surface area contributed by atoms with Gasteiger partial charge in [0.15, 0.2) is 0 Å². The molecule has 2 rings (SSSR count). The molecule has 0 radical (unpaired) electrons. The summed E-state index contributed by atoms with van der Waals surface area (Å²) in [6.45, 7) is 2.15. The Kier molecular flexibility index (Phi) is 2.64. The Morgan fingerprint density at radius 2 is 2.12 bits per heavy atom. The summed E-state index contributed by atoms with van der Waals surface area (Å²) in [4.78, 5) is 24.9. The molecule has 0 aliphatic carbocycles. The van der Waals surface area contributed by atoms with Gasteiger partial charge in [-0.1, -0.05) is 18.2 Å². The Hall–Kier alpha value is -1.84. The van der Waals surface area contributed by atoms with Crippen molar-refractivity contribution in [3.05, 3.63) is 35.4 Å². The summed E-state index contributed by atoms with van der Waals surface area (Å²) in [7, 11) is 1.33. The summed E-state index contributed by atoms with van der Waals surface area (Å²) in [5.41, 5.74) is 1.64. The Bertz CT molecular complexity index is 442. The topological polar surface area (TPSA) is 46.6 Å².